The molecule has 0 aromatic heterocycles. The van der Waals surface area contributed by atoms with Crippen molar-refractivity contribution in [2.45, 2.75) is 6.42 Å². The standard InChI is InChI=1S/C17H13FO4/c18-13-7-5-11(6-8-13)9-12-3-1-2-4-14(12)15(19)10-16(20)17(21)22/h1-8,10,19H,9H2,(H,21,22)/b15-10-. The molecule has 0 saturated carbocycles. The van der Waals surface area contributed by atoms with E-state index in [-0.39, 0.29) is 5.82 Å². The minimum Gasteiger partial charge on any atom is -0.507 e. The average Bonchev–Trinajstić information content (AvgIpc) is 2.50. The van der Waals surface area contributed by atoms with Gasteiger partial charge in [0, 0.05) is 11.6 Å². The Balaban J connectivity index is 2.32. The minimum atomic E-state index is -1.64. The number of hydrogen-bond donors (Lipinski definition) is 2. The summed E-state index contributed by atoms with van der Waals surface area (Å²) in [6.07, 6.45) is 1.08. The van der Waals surface area contributed by atoms with Crippen LogP contribution in [0.25, 0.3) is 5.76 Å². The lowest BCUT2D eigenvalue weighted by atomic mass is 9.98. The van der Waals surface area contributed by atoms with Crippen molar-refractivity contribution in [3.63, 3.8) is 0 Å². The Labute approximate surface area is 126 Å². The van der Waals surface area contributed by atoms with Crippen LogP contribution < -0.4 is 0 Å². The van der Waals surface area contributed by atoms with E-state index in [1.165, 1.54) is 12.1 Å². The van der Waals surface area contributed by atoms with Crippen LogP contribution in [0.15, 0.2) is 54.6 Å². The Bertz CT molecular complexity index is 733. The van der Waals surface area contributed by atoms with Gasteiger partial charge < -0.3 is 10.2 Å². The number of carbonyl (C=O) groups excluding carboxylic acids is 1. The second kappa shape index (κ2) is 6.67. The number of benzene rings is 2. The Kier molecular flexibility index (Phi) is 4.68. The number of halogens is 1. The molecule has 0 saturated heterocycles. The fourth-order valence-corrected chi connectivity index (χ4v) is 2.01. The van der Waals surface area contributed by atoms with Crippen LogP contribution in [0.1, 0.15) is 16.7 Å². The van der Waals surface area contributed by atoms with Gasteiger partial charge in [-0.2, -0.15) is 0 Å². The van der Waals surface area contributed by atoms with Crippen molar-refractivity contribution in [2.24, 2.45) is 0 Å². The quantitative estimate of drug-likeness (QED) is 0.506. The minimum absolute atomic E-state index is 0.341. The lowest BCUT2D eigenvalue weighted by molar-refractivity contribution is -0.146. The van der Waals surface area contributed by atoms with Crippen LogP contribution in [0.4, 0.5) is 4.39 Å². The summed E-state index contributed by atoms with van der Waals surface area (Å²) < 4.78 is 12.9. The molecule has 2 aromatic carbocycles. The first kappa shape index (κ1) is 15.4. The summed E-state index contributed by atoms with van der Waals surface area (Å²) in [6.45, 7) is 0. The number of ketones is 1. The summed E-state index contributed by atoms with van der Waals surface area (Å²) in [7, 11) is 0. The van der Waals surface area contributed by atoms with Gasteiger partial charge in [-0.05, 0) is 29.7 Å². The summed E-state index contributed by atoms with van der Waals surface area (Å²) in [5, 5.41) is 18.5. The zero-order valence-corrected chi connectivity index (χ0v) is 11.5. The molecule has 0 aliphatic rings. The number of aliphatic hydroxyl groups is 1. The molecule has 0 radical (unpaired) electrons. The zero-order valence-electron chi connectivity index (χ0n) is 11.5. The fraction of sp³-hybridized carbons (Fsp3) is 0.0588. The first-order valence-corrected chi connectivity index (χ1v) is 6.48. The summed E-state index contributed by atoms with van der Waals surface area (Å²) >= 11 is 0. The van der Waals surface area contributed by atoms with Crippen molar-refractivity contribution in [1.82, 2.24) is 0 Å². The number of carbonyl (C=O) groups is 2. The number of carboxylic acids is 1. The predicted molar refractivity (Wildman–Crippen MR) is 78.9 cm³/mol. The second-order valence-electron chi connectivity index (χ2n) is 4.66. The van der Waals surface area contributed by atoms with E-state index >= 15 is 0 Å². The van der Waals surface area contributed by atoms with E-state index in [9.17, 15) is 19.1 Å². The van der Waals surface area contributed by atoms with E-state index in [4.69, 9.17) is 5.11 Å². The van der Waals surface area contributed by atoms with Gasteiger partial charge in [0.15, 0.2) is 0 Å². The third-order valence-corrected chi connectivity index (χ3v) is 3.08. The summed E-state index contributed by atoms with van der Waals surface area (Å²) in [6, 6.07) is 12.7. The van der Waals surface area contributed by atoms with Crippen LogP contribution in [0.3, 0.4) is 0 Å². The average molecular weight is 300 g/mol. The number of hydrogen-bond acceptors (Lipinski definition) is 3. The SMILES string of the molecule is O=C(O)C(=O)/C=C(\O)c1ccccc1Cc1ccc(F)cc1. The molecule has 0 bridgehead atoms. The van der Waals surface area contributed by atoms with Gasteiger partial charge in [-0.1, -0.05) is 36.4 Å². The van der Waals surface area contributed by atoms with E-state index in [2.05, 4.69) is 0 Å². The summed E-state index contributed by atoms with van der Waals surface area (Å²) in [5.74, 6) is -3.59. The van der Waals surface area contributed by atoms with Gasteiger partial charge in [0.25, 0.3) is 5.78 Å². The lowest BCUT2D eigenvalue weighted by Crippen LogP contribution is -2.10. The van der Waals surface area contributed by atoms with Crippen molar-refractivity contribution in [2.75, 3.05) is 0 Å². The Hall–Kier alpha value is -2.95. The fourth-order valence-electron chi connectivity index (χ4n) is 2.01. The molecule has 2 aromatic rings. The molecule has 0 heterocycles. The molecule has 22 heavy (non-hydrogen) atoms. The van der Waals surface area contributed by atoms with Gasteiger partial charge in [0.2, 0.25) is 0 Å². The van der Waals surface area contributed by atoms with Gasteiger partial charge in [0.05, 0.1) is 0 Å². The van der Waals surface area contributed by atoms with E-state index in [1.807, 2.05) is 0 Å². The number of aliphatic carboxylic acids is 1. The zero-order chi connectivity index (χ0) is 16.1. The van der Waals surface area contributed by atoms with Crippen LogP contribution in [0.2, 0.25) is 0 Å². The van der Waals surface area contributed by atoms with E-state index in [0.717, 1.165) is 5.56 Å². The third-order valence-electron chi connectivity index (χ3n) is 3.08. The van der Waals surface area contributed by atoms with Gasteiger partial charge in [0.1, 0.15) is 11.6 Å². The number of aliphatic hydroxyl groups excluding tert-OH is 1. The van der Waals surface area contributed by atoms with Crippen molar-refractivity contribution in [1.29, 1.82) is 0 Å². The Morgan fingerprint density at radius 2 is 1.64 bits per heavy atom. The Morgan fingerprint density at radius 1 is 1.00 bits per heavy atom. The highest BCUT2D eigenvalue weighted by Gasteiger charge is 2.13. The second-order valence-corrected chi connectivity index (χ2v) is 4.66. The molecule has 2 N–H and O–H groups in total. The molecule has 4 nitrogen and oxygen atoms in total. The van der Waals surface area contributed by atoms with E-state index in [0.29, 0.717) is 23.6 Å². The normalized spacial score (nSPS) is 11.2. The molecule has 0 unspecified atom stereocenters. The maximum absolute atomic E-state index is 12.9. The molecule has 0 aliphatic heterocycles. The van der Waals surface area contributed by atoms with Crippen LogP contribution >= 0.6 is 0 Å². The monoisotopic (exact) mass is 300 g/mol. The molecule has 0 amide bonds. The molecule has 0 spiro atoms. The topological polar surface area (TPSA) is 74.6 Å². The largest absolute Gasteiger partial charge is 0.507 e. The third kappa shape index (κ3) is 3.79. The van der Waals surface area contributed by atoms with E-state index in [1.54, 1.807) is 36.4 Å². The van der Waals surface area contributed by atoms with Crippen LogP contribution in [0.5, 0.6) is 0 Å². The first-order chi connectivity index (χ1) is 10.5. The van der Waals surface area contributed by atoms with Gasteiger partial charge in [-0.15, -0.1) is 0 Å². The lowest BCUT2D eigenvalue weighted by Gasteiger charge is -2.09. The summed E-state index contributed by atoms with van der Waals surface area (Å²) in [4.78, 5) is 21.7. The molecule has 0 aliphatic carbocycles. The van der Waals surface area contributed by atoms with Gasteiger partial charge in [-0.3, -0.25) is 4.79 Å². The molecular formula is C17H13FO4. The number of carboxylic acid groups (broad SMARTS) is 1. The Morgan fingerprint density at radius 3 is 2.27 bits per heavy atom. The smallest absolute Gasteiger partial charge is 0.376 e. The molecule has 0 fully saturated rings. The first-order valence-electron chi connectivity index (χ1n) is 6.48. The molecule has 0 atom stereocenters. The van der Waals surface area contributed by atoms with Gasteiger partial charge >= 0.3 is 5.97 Å². The molecule has 112 valence electrons. The molecular weight excluding hydrogens is 287 g/mol. The highest BCUT2D eigenvalue weighted by molar-refractivity contribution is 6.38. The van der Waals surface area contributed by atoms with Crippen molar-refractivity contribution in [3.8, 4) is 0 Å². The van der Waals surface area contributed by atoms with Crippen LogP contribution in [0, 0.1) is 5.82 Å². The van der Waals surface area contributed by atoms with Crippen molar-refractivity contribution < 1.29 is 24.2 Å². The maximum atomic E-state index is 12.9. The van der Waals surface area contributed by atoms with Crippen molar-refractivity contribution >= 4 is 17.5 Å². The van der Waals surface area contributed by atoms with Gasteiger partial charge in [-0.25, -0.2) is 9.18 Å². The molecule has 2 rings (SSSR count). The highest BCUT2D eigenvalue weighted by atomic mass is 19.1. The highest BCUT2D eigenvalue weighted by Crippen LogP contribution is 2.20. The number of rotatable bonds is 5. The van der Waals surface area contributed by atoms with E-state index < -0.39 is 17.5 Å². The maximum Gasteiger partial charge on any atom is 0.376 e. The van der Waals surface area contributed by atoms with Crippen LogP contribution in [-0.2, 0) is 16.0 Å². The van der Waals surface area contributed by atoms with Crippen molar-refractivity contribution in [3.05, 3.63) is 77.1 Å². The summed E-state index contributed by atoms with van der Waals surface area (Å²) in [5.41, 5.74) is 1.88. The molecule has 5 heteroatoms. The van der Waals surface area contributed by atoms with Crippen LogP contribution in [-0.4, -0.2) is 22.0 Å². The predicted octanol–water partition coefficient (Wildman–Crippen LogP) is 2.97.